The molecule has 0 aliphatic heterocycles. The summed E-state index contributed by atoms with van der Waals surface area (Å²) in [5, 5.41) is 0.437. The van der Waals surface area contributed by atoms with E-state index in [-0.39, 0.29) is 5.75 Å². The molecular weight excluding hydrogens is 258 g/mol. The van der Waals surface area contributed by atoms with Gasteiger partial charge in [0.05, 0.1) is 7.11 Å². The molecule has 0 radical (unpaired) electrons. The normalized spacial score (nSPS) is 10.4. The minimum absolute atomic E-state index is 0.0851. The highest BCUT2D eigenvalue weighted by molar-refractivity contribution is 9.08. The van der Waals surface area contributed by atoms with E-state index >= 15 is 0 Å². The molecule has 0 amide bonds. The van der Waals surface area contributed by atoms with Gasteiger partial charge in [-0.25, -0.2) is 0 Å². The molecule has 5 heteroatoms. The standard InChI is InChI=1S/C9H9BrF2O2/c1-13-7-4-2-3-6(5-10)8(7)14-9(11)12/h2-4,9H,5H2,1H3. The maximum absolute atomic E-state index is 12.1. The molecule has 0 spiro atoms. The zero-order valence-electron chi connectivity index (χ0n) is 7.47. The highest BCUT2D eigenvalue weighted by Gasteiger charge is 2.13. The lowest BCUT2D eigenvalue weighted by atomic mass is 10.2. The summed E-state index contributed by atoms with van der Waals surface area (Å²) in [6.45, 7) is -2.84. The van der Waals surface area contributed by atoms with E-state index in [9.17, 15) is 8.78 Å². The fourth-order valence-corrected chi connectivity index (χ4v) is 1.49. The van der Waals surface area contributed by atoms with Crippen LogP contribution in [0.2, 0.25) is 0 Å². The molecule has 0 heterocycles. The number of ether oxygens (including phenoxy) is 2. The summed E-state index contributed by atoms with van der Waals surface area (Å²) in [6, 6.07) is 4.98. The van der Waals surface area contributed by atoms with Gasteiger partial charge in [0.25, 0.3) is 0 Å². The molecular formula is C9H9BrF2O2. The third kappa shape index (κ3) is 2.57. The van der Waals surface area contributed by atoms with Crippen LogP contribution < -0.4 is 9.47 Å². The molecule has 0 fully saturated rings. The van der Waals surface area contributed by atoms with Crippen LogP contribution in [-0.4, -0.2) is 13.7 Å². The Morgan fingerprint density at radius 2 is 2.14 bits per heavy atom. The Kier molecular flexibility index (Phi) is 4.13. The summed E-state index contributed by atoms with van der Waals surface area (Å²) in [4.78, 5) is 0. The molecule has 0 bridgehead atoms. The van der Waals surface area contributed by atoms with Crippen LogP contribution in [0.4, 0.5) is 8.78 Å². The highest BCUT2D eigenvalue weighted by Crippen LogP contribution is 2.33. The largest absolute Gasteiger partial charge is 0.493 e. The van der Waals surface area contributed by atoms with Gasteiger partial charge in [-0.3, -0.25) is 0 Å². The Hall–Kier alpha value is -0.840. The summed E-state index contributed by atoms with van der Waals surface area (Å²) in [6.07, 6.45) is 0. The Morgan fingerprint density at radius 1 is 1.43 bits per heavy atom. The van der Waals surface area contributed by atoms with E-state index in [0.29, 0.717) is 16.6 Å². The van der Waals surface area contributed by atoms with Crippen LogP contribution in [0.15, 0.2) is 18.2 Å². The minimum atomic E-state index is -2.84. The lowest BCUT2D eigenvalue weighted by molar-refractivity contribution is -0.0516. The van der Waals surface area contributed by atoms with Crippen LogP contribution in [0, 0.1) is 0 Å². The summed E-state index contributed by atoms with van der Waals surface area (Å²) < 4.78 is 33.4. The maximum atomic E-state index is 12.1. The van der Waals surface area contributed by atoms with Gasteiger partial charge >= 0.3 is 6.61 Å². The summed E-state index contributed by atoms with van der Waals surface area (Å²) in [5.74, 6) is 0.393. The Balaban J connectivity index is 3.05. The fourth-order valence-electron chi connectivity index (χ4n) is 1.05. The highest BCUT2D eigenvalue weighted by atomic mass is 79.9. The molecule has 0 saturated carbocycles. The van der Waals surface area contributed by atoms with Gasteiger partial charge in [0, 0.05) is 10.9 Å². The van der Waals surface area contributed by atoms with E-state index in [0.717, 1.165) is 0 Å². The second-order valence-corrected chi connectivity index (χ2v) is 3.02. The number of para-hydroxylation sites is 1. The van der Waals surface area contributed by atoms with Gasteiger partial charge in [-0.05, 0) is 6.07 Å². The third-order valence-corrected chi connectivity index (χ3v) is 2.24. The molecule has 0 aromatic heterocycles. The van der Waals surface area contributed by atoms with Crippen molar-refractivity contribution in [2.24, 2.45) is 0 Å². The van der Waals surface area contributed by atoms with Crippen molar-refractivity contribution in [2.45, 2.75) is 11.9 Å². The van der Waals surface area contributed by atoms with Crippen molar-refractivity contribution >= 4 is 15.9 Å². The SMILES string of the molecule is COc1cccc(CBr)c1OC(F)F. The second kappa shape index (κ2) is 5.14. The number of rotatable bonds is 4. The molecule has 1 aromatic carbocycles. The van der Waals surface area contributed by atoms with Crippen molar-refractivity contribution in [1.82, 2.24) is 0 Å². The molecule has 1 aromatic rings. The molecule has 78 valence electrons. The second-order valence-electron chi connectivity index (χ2n) is 2.46. The van der Waals surface area contributed by atoms with Gasteiger partial charge in [0.2, 0.25) is 0 Å². The molecule has 14 heavy (non-hydrogen) atoms. The number of methoxy groups -OCH3 is 1. The van der Waals surface area contributed by atoms with Crippen LogP contribution >= 0.6 is 15.9 Å². The Morgan fingerprint density at radius 3 is 2.64 bits per heavy atom. The van der Waals surface area contributed by atoms with Crippen LogP contribution in [0.25, 0.3) is 0 Å². The van der Waals surface area contributed by atoms with Crippen molar-refractivity contribution < 1.29 is 18.3 Å². The molecule has 0 saturated heterocycles. The molecule has 0 unspecified atom stereocenters. The van der Waals surface area contributed by atoms with E-state index in [2.05, 4.69) is 20.7 Å². The van der Waals surface area contributed by atoms with Crippen molar-refractivity contribution in [2.75, 3.05) is 7.11 Å². The first-order valence-electron chi connectivity index (χ1n) is 3.85. The molecule has 0 aliphatic rings. The number of benzene rings is 1. The smallest absolute Gasteiger partial charge is 0.387 e. The Labute approximate surface area is 89.0 Å². The van der Waals surface area contributed by atoms with E-state index in [1.54, 1.807) is 18.2 Å². The van der Waals surface area contributed by atoms with E-state index < -0.39 is 6.61 Å². The van der Waals surface area contributed by atoms with Crippen LogP contribution in [0.3, 0.4) is 0 Å². The average molecular weight is 267 g/mol. The lowest BCUT2D eigenvalue weighted by Gasteiger charge is -2.12. The topological polar surface area (TPSA) is 18.5 Å². The zero-order valence-corrected chi connectivity index (χ0v) is 9.05. The first kappa shape index (κ1) is 11.2. The predicted octanol–water partition coefficient (Wildman–Crippen LogP) is 3.19. The molecule has 0 atom stereocenters. The van der Waals surface area contributed by atoms with Gasteiger partial charge in [0.15, 0.2) is 11.5 Å². The monoisotopic (exact) mass is 266 g/mol. The van der Waals surface area contributed by atoms with E-state index in [1.807, 2.05) is 0 Å². The van der Waals surface area contributed by atoms with Crippen molar-refractivity contribution in [3.8, 4) is 11.5 Å². The van der Waals surface area contributed by atoms with Gasteiger partial charge in [-0.1, -0.05) is 28.1 Å². The number of hydrogen-bond acceptors (Lipinski definition) is 2. The number of halogens is 3. The lowest BCUT2D eigenvalue weighted by Crippen LogP contribution is -2.05. The minimum Gasteiger partial charge on any atom is -0.493 e. The van der Waals surface area contributed by atoms with Crippen LogP contribution in [0.5, 0.6) is 11.5 Å². The van der Waals surface area contributed by atoms with Crippen molar-refractivity contribution in [3.63, 3.8) is 0 Å². The van der Waals surface area contributed by atoms with Crippen molar-refractivity contribution in [1.29, 1.82) is 0 Å². The molecule has 2 nitrogen and oxygen atoms in total. The van der Waals surface area contributed by atoms with Crippen molar-refractivity contribution in [3.05, 3.63) is 23.8 Å². The fraction of sp³-hybridized carbons (Fsp3) is 0.333. The first-order valence-corrected chi connectivity index (χ1v) is 4.97. The van der Waals surface area contributed by atoms with Gasteiger partial charge in [-0.15, -0.1) is 0 Å². The summed E-state index contributed by atoms with van der Waals surface area (Å²) in [5.41, 5.74) is 0.629. The number of alkyl halides is 3. The van der Waals surface area contributed by atoms with Crippen LogP contribution in [0.1, 0.15) is 5.56 Å². The summed E-state index contributed by atoms with van der Waals surface area (Å²) >= 11 is 3.18. The molecule has 0 N–H and O–H groups in total. The maximum Gasteiger partial charge on any atom is 0.387 e. The molecule has 1 rings (SSSR count). The quantitative estimate of drug-likeness (QED) is 0.780. The van der Waals surface area contributed by atoms with Gasteiger partial charge < -0.3 is 9.47 Å². The average Bonchev–Trinajstić information content (AvgIpc) is 2.17. The Bertz CT molecular complexity index is 283. The van der Waals surface area contributed by atoms with Crippen LogP contribution in [-0.2, 0) is 5.33 Å². The zero-order chi connectivity index (χ0) is 10.6. The predicted molar refractivity (Wildman–Crippen MR) is 52.3 cm³/mol. The summed E-state index contributed by atoms with van der Waals surface area (Å²) in [7, 11) is 1.41. The molecule has 0 aliphatic carbocycles. The van der Waals surface area contributed by atoms with E-state index in [1.165, 1.54) is 7.11 Å². The van der Waals surface area contributed by atoms with E-state index in [4.69, 9.17) is 4.74 Å². The van der Waals surface area contributed by atoms with Gasteiger partial charge in [0.1, 0.15) is 0 Å². The first-order chi connectivity index (χ1) is 6.69. The number of hydrogen-bond donors (Lipinski definition) is 0. The third-order valence-electron chi connectivity index (χ3n) is 1.63. The van der Waals surface area contributed by atoms with Gasteiger partial charge in [-0.2, -0.15) is 8.78 Å².